The molecular weight excluding hydrogens is 354 g/mol. The third-order valence-corrected chi connectivity index (χ3v) is 3.76. The summed E-state index contributed by atoms with van der Waals surface area (Å²) < 4.78 is 6.74. The quantitative estimate of drug-likeness (QED) is 0.753. The van der Waals surface area contributed by atoms with Crippen molar-refractivity contribution >= 4 is 38.6 Å². The Kier molecular flexibility index (Phi) is 4.05. The molecule has 2 aromatic heterocycles. The summed E-state index contributed by atoms with van der Waals surface area (Å²) in [5, 5.41) is 0.587. The van der Waals surface area contributed by atoms with Gasteiger partial charge in [0.1, 0.15) is 11.3 Å². The van der Waals surface area contributed by atoms with Crippen LogP contribution < -0.4 is 10.5 Å². The third kappa shape index (κ3) is 3.00. The second-order valence-corrected chi connectivity index (χ2v) is 5.71. The van der Waals surface area contributed by atoms with E-state index in [4.69, 9.17) is 22.1 Å². The molecule has 0 unspecified atom stereocenters. The van der Waals surface area contributed by atoms with Gasteiger partial charge in [-0.15, -0.1) is 0 Å². The first-order valence-corrected chi connectivity index (χ1v) is 7.41. The second kappa shape index (κ2) is 5.97. The van der Waals surface area contributed by atoms with Crippen LogP contribution in [0.4, 0.5) is 0 Å². The molecule has 0 amide bonds. The number of nitrogens with two attached hydrogens (primary N) is 1. The van der Waals surface area contributed by atoms with Gasteiger partial charge >= 0.3 is 0 Å². The smallest absolute Gasteiger partial charge is 0.156 e. The van der Waals surface area contributed by atoms with Crippen LogP contribution in [0, 0.1) is 0 Å². The van der Waals surface area contributed by atoms with Gasteiger partial charge in [0.2, 0.25) is 0 Å². The molecule has 4 nitrogen and oxygen atoms in total. The normalized spacial score (nSPS) is 10.8. The molecule has 2 heterocycles. The molecule has 0 fully saturated rings. The fourth-order valence-electron chi connectivity index (χ4n) is 1.95. The number of aromatic nitrogens is 2. The summed E-state index contributed by atoms with van der Waals surface area (Å²) >= 11 is 9.52. The molecule has 0 bridgehead atoms. The van der Waals surface area contributed by atoms with Gasteiger partial charge in [-0.3, -0.25) is 4.98 Å². The lowest BCUT2D eigenvalue weighted by atomic mass is 10.2. The predicted octanol–water partition coefficient (Wildman–Crippen LogP) is 4.30. The molecule has 0 saturated carbocycles. The third-order valence-electron chi connectivity index (χ3n) is 2.98. The molecule has 0 atom stereocenters. The van der Waals surface area contributed by atoms with Gasteiger partial charge < -0.3 is 10.5 Å². The zero-order valence-corrected chi connectivity index (χ0v) is 13.2. The number of ether oxygens (including phenoxy) is 1. The Bertz CT molecular complexity index is 810. The zero-order valence-electron chi connectivity index (χ0n) is 10.9. The summed E-state index contributed by atoms with van der Waals surface area (Å²) in [4.78, 5) is 8.62. The molecule has 2 N–H and O–H groups in total. The molecule has 3 rings (SSSR count). The van der Waals surface area contributed by atoms with Crippen molar-refractivity contribution in [2.45, 2.75) is 6.54 Å². The summed E-state index contributed by atoms with van der Waals surface area (Å²) in [5.74, 6) is 1.26. The molecule has 0 saturated heterocycles. The van der Waals surface area contributed by atoms with Gasteiger partial charge in [0.25, 0.3) is 0 Å². The fourth-order valence-corrected chi connectivity index (χ4v) is 2.51. The highest BCUT2D eigenvalue weighted by molar-refractivity contribution is 9.10. The summed E-state index contributed by atoms with van der Waals surface area (Å²) in [6, 6.07) is 9.09. The van der Waals surface area contributed by atoms with Crippen molar-refractivity contribution in [2.75, 3.05) is 0 Å². The minimum absolute atomic E-state index is 0.396. The second-order valence-electron chi connectivity index (χ2n) is 4.39. The summed E-state index contributed by atoms with van der Waals surface area (Å²) in [7, 11) is 0. The van der Waals surface area contributed by atoms with Crippen molar-refractivity contribution in [1.82, 2.24) is 9.97 Å². The molecule has 1 aromatic carbocycles. The Morgan fingerprint density at radius 1 is 1.19 bits per heavy atom. The van der Waals surface area contributed by atoms with E-state index >= 15 is 0 Å². The lowest BCUT2D eigenvalue weighted by Gasteiger charge is -2.09. The Morgan fingerprint density at radius 3 is 2.81 bits per heavy atom. The molecule has 106 valence electrons. The maximum absolute atomic E-state index is 6.14. The average molecular weight is 365 g/mol. The molecule has 6 heteroatoms. The first-order chi connectivity index (χ1) is 10.2. The van der Waals surface area contributed by atoms with Crippen LogP contribution in [0.25, 0.3) is 11.0 Å². The van der Waals surface area contributed by atoms with Crippen LogP contribution in [-0.2, 0) is 6.54 Å². The van der Waals surface area contributed by atoms with Crippen molar-refractivity contribution in [2.24, 2.45) is 5.73 Å². The number of benzene rings is 1. The van der Waals surface area contributed by atoms with E-state index in [1.165, 1.54) is 0 Å². The number of fused-ring (bicyclic) bond motifs is 1. The number of rotatable bonds is 3. The minimum atomic E-state index is 0.396. The predicted molar refractivity (Wildman–Crippen MR) is 86.7 cm³/mol. The summed E-state index contributed by atoms with van der Waals surface area (Å²) in [5.41, 5.74) is 7.92. The Labute approximate surface area is 135 Å². The first-order valence-electron chi connectivity index (χ1n) is 6.24. The van der Waals surface area contributed by atoms with E-state index < -0.39 is 0 Å². The highest BCUT2D eigenvalue weighted by Crippen LogP contribution is 2.30. The van der Waals surface area contributed by atoms with Crippen LogP contribution in [0.3, 0.4) is 0 Å². The molecule has 3 aromatic rings. The summed E-state index contributed by atoms with van der Waals surface area (Å²) in [6.07, 6.45) is 3.39. The monoisotopic (exact) mass is 363 g/mol. The van der Waals surface area contributed by atoms with Gasteiger partial charge in [-0.1, -0.05) is 17.7 Å². The number of halogens is 2. The van der Waals surface area contributed by atoms with Crippen LogP contribution in [0.5, 0.6) is 11.5 Å². The maximum Gasteiger partial charge on any atom is 0.156 e. The van der Waals surface area contributed by atoms with E-state index in [9.17, 15) is 0 Å². The van der Waals surface area contributed by atoms with E-state index in [-0.39, 0.29) is 0 Å². The maximum atomic E-state index is 6.14. The van der Waals surface area contributed by atoms with Gasteiger partial charge in [0.15, 0.2) is 5.75 Å². The van der Waals surface area contributed by atoms with Crippen molar-refractivity contribution < 1.29 is 4.74 Å². The Balaban J connectivity index is 2.00. The number of hydrogen-bond donors (Lipinski definition) is 1. The topological polar surface area (TPSA) is 61.0 Å². The van der Waals surface area contributed by atoms with E-state index in [0.717, 1.165) is 15.6 Å². The van der Waals surface area contributed by atoms with Gasteiger partial charge in [-0.2, -0.15) is 0 Å². The van der Waals surface area contributed by atoms with Gasteiger partial charge in [0, 0.05) is 34.5 Å². The average Bonchev–Trinajstić information content (AvgIpc) is 2.47. The van der Waals surface area contributed by atoms with E-state index in [1.807, 2.05) is 18.2 Å². The molecule has 0 spiro atoms. The lowest BCUT2D eigenvalue weighted by Crippen LogP contribution is -1.97. The molecular formula is C15H11BrClN3O. The fraction of sp³-hybridized carbons (Fsp3) is 0.0667. The van der Waals surface area contributed by atoms with Crippen LogP contribution in [0.2, 0.25) is 5.02 Å². The first kappa shape index (κ1) is 14.3. The highest BCUT2D eigenvalue weighted by atomic mass is 79.9. The van der Waals surface area contributed by atoms with Crippen molar-refractivity contribution in [3.05, 3.63) is 57.8 Å². The minimum Gasteiger partial charge on any atom is -0.455 e. The zero-order chi connectivity index (χ0) is 14.8. The van der Waals surface area contributed by atoms with Crippen molar-refractivity contribution in [3.8, 4) is 11.5 Å². The molecule has 0 radical (unpaired) electrons. The summed E-state index contributed by atoms with van der Waals surface area (Å²) in [6.45, 7) is 0.396. The molecule has 0 aliphatic heterocycles. The van der Waals surface area contributed by atoms with Crippen LogP contribution in [0.15, 0.2) is 47.2 Å². The Morgan fingerprint density at radius 2 is 2.05 bits per heavy atom. The molecule has 0 aliphatic carbocycles. The number of pyridine rings is 2. The lowest BCUT2D eigenvalue weighted by molar-refractivity contribution is 0.486. The standard InChI is InChI=1S/C15H11BrClN3O/c16-10-5-13-15(20-8-10)14(3-4-19-13)21-11-2-1-9(7-18)12(17)6-11/h1-6,8H,7,18H2. The van der Waals surface area contributed by atoms with Crippen LogP contribution in [0.1, 0.15) is 5.56 Å². The van der Waals surface area contributed by atoms with Gasteiger partial charge in [0.05, 0.1) is 5.52 Å². The van der Waals surface area contributed by atoms with E-state index in [0.29, 0.717) is 28.6 Å². The van der Waals surface area contributed by atoms with Gasteiger partial charge in [-0.05, 0) is 39.7 Å². The largest absolute Gasteiger partial charge is 0.455 e. The molecule has 21 heavy (non-hydrogen) atoms. The Hall–Kier alpha value is -1.69. The van der Waals surface area contributed by atoms with Crippen molar-refractivity contribution in [1.29, 1.82) is 0 Å². The highest BCUT2D eigenvalue weighted by Gasteiger charge is 2.08. The van der Waals surface area contributed by atoms with Crippen LogP contribution >= 0.6 is 27.5 Å². The van der Waals surface area contributed by atoms with E-state index in [1.54, 1.807) is 24.5 Å². The number of nitrogens with zero attached hydrogens (tertiary/aromatic N) is 2. The van der Waals surface area contributed by atoms with Crippen LogP contribution in [-0.4, -0.2) is 9.97 Å². The van der Waals surface area contributed by atoms with Gasteiger partial charge in [-0.25, -0.2) is 4.98 Å². The SMILES string of the molecule is NCc1ccc(Oc2ccnc3cc(Br)cnc23)cc1Cl. The number of hydrogen-bond acceptors (Lipinski definition) is 4. The van der Waals surface area contributed by atoms with E-state index in [2.05, 4.69) is 25.9 Å². The van der Waals surface area contributed by atoms with Crippen molar-refractivity contribution in [3.63, 3.8) is 0 Å². The molecule has 0 aliphatic rings.